The van der Waals surface area contributed by atoms with Gasteiger partial charge in [0.15, 0.2) is 0 Å². The normalized spacial score (nSPS) is 29.5. The summed E-state index contributed by atoms with van der Waals surface area (Å²) in [5.41, 5.74) is 6.37. The minimum Gasteiger partial charge on any atom is -0.326 e. The van der Waals surface area contributed by atoms with Gasteiger partial charge in [-0.25, -0.2) is 0 Å². The first-order valence-electron chi connectivity index (χ1n) is 7.54. The summed E-state index contributed by atoms with van der Waals surface area (Å²) in [5.74, 6) is 1.56. The topological polar surface area (TPSA) is 32.5 Å². The third-order valence-corrected chi connectivity index (χ3v) is 4.03. The number of hydrogen-bond acceptors (Lipinski definition) is 3. The van der Waals surface area contributed by atoms with E-state index in [1.165, 1.54) is 25.8 Å². The minimum atomic E-state index is 0.377. The van der Waals surface area contributed by atoms with Gasteiger partial charge in [0.05, 0.1) is 0 Å². The van der Waals surface area contributed by atoms with Crippen molar-refractivity contribution in [2.45, 2.75) is 52.1 Å². The maximum absolute atomic E-state index is 6.37. The molecule has 1 aliphatic rings. The summed E-state index contributed by atoms with van der Waals surface area (Å²) in [6.45, 7) is 10.4. The standard InChI is InChI=1S/C15H33N3/c1-12(2)11-18(9-8-17(4)5)15-10-13(3)6-7-14(15)16/h12-15H,6-11,16H2,1-5H3. The van der Waals surface area contributed by atoms with E-state index in [0.717, 1.165) is 24.9 Å². The van der Waals surface area contributed by atoms with Crippen LogP contribution in [0.25, 0.3) is 0 Å². The Bertz CT molecular complexity index is 228. The Kier molecular flexibility index (Phi) is 6.61. The first-order valence-corrected chi connectivity index (χ1v) is 7.54. The molecule has 0 aromatic rings. The Balaban J connectivity index is 2.60. The molecule has 3 atom stereocenters. The van der Waals surface area contributed by atoms with Gasteiger partial charge in [0, 0.05) is 31.7 Å². The molecule has 0 saturated heterocycles. The van der Waals surface area contributed by atoms with Crippen LogP contribution in [0.3, 0.4) is 0 Å². The third-order valence-electron chi connectivity index (χ3n) is 4.03. The first kappa shape index (κ1) is 15.9. The van der Waals surface area contributed by atoms with Crippen LogP contribution in [-0.4, -0.2) is 55.6 Å². The lowest BCUT2D eigenvalue weighted by Crippen LogP contribution is -2.53. The third kappa shape index (κ3) is 5.25. The van der Waals surface area contributed by atoms with Crippen molar-refractivity contribution in [3.63, 3.8) is 0 Å². The van der Waals surface area contributed by atoms with Gasteiger partial charge in [0.1, 0.15) is 0 Å². The van der Waals surface area contributed by atoms with Crippen LogP contribution >= 0.6 is 0 Å². The van der Waals surface area contributed by atoms with E-state index < -0.39 is 0 Å². The Morgan fingerprint density at radius 1 is 1.17 bits per heavy atom. The number of likely N-dealkylation sites (N-methyl/N-ethyl adjacent to an activating group) is 1. The van der Waals surface area contributed by atoms with Crippen LogP contribution in [0.15, 0.2) is 0 Å². The highest BCUT2D eigenvalue weighted by Crippen LogP contribution is 2.27. The fourth-order valence-corrected chi connectivity index (χ4v) is 2.98. The molecule has 108 valence electrons. The summed E-state index contributed by atoms with van der Waals surface area (Å²) < 4.78 is 0. The Hall–Kier alpha value is -0.120. The molecule has 1 aliphatic carbocycles. The number of rotatable bonds is 6. The van der Waals surface area contributed by atoms with E-state index in [9.17, 15) is 0 Å². The van der Waals surface area contributed by atoms with Gasteiger partial charge >= 0.3 is 0 Å². The van der Waals surface area contributed by atoms with Crippen LogP contribution in [0.1, 0.15) is 40.0 Å². The van der Waals surface area contributed by atoms with Gasteiger partial charge < -0.3 is 10.6 Å². The van der Waals surface area contributed by atoms with E-state index in [4.69, 9.17) is 5.73 Å². The number of nitrogens with two attached hydrogens (primary N) is 1. The quantitative estimate of drug-likeness (QED) is 0.788. The lowest BCUT2D eigenvalue weighted by molar-refractivity contribution is 0.0965. The molecule has 0 aliphatic heterocycles. The van der Waals surface area contributed by atoms with Crippen molar-refractivity contribution >= 4 is 0 Å². The summed E-state index contributed by atoms with van der Waals surface area (Å²) >= 11 is 0. The monoisotopic (exact) mass is 255 g/mol. The van der Waals surface area contributed by atoms with Gasteiger partial charge in [-0.3, -0.25) is 4.90 Å². The molecule has 1 saturated carbocycles. The van der Waals surface area contributed by atoms with Crippen LogP contribution in [0, 0.1) is 11.8 Å². The second-order valence-corrected chi connectivity index (χ2v) is 6.84. The van der Waals surface area contributed by atoms with Gasteiger partial charge in [0.2, 0.25) is 0 Å². The molecule has 1 fully saturated rings. The maximum atomic E-state index is 6.37. The number of hydrogen-bond donors (Lipinski definition) is 1. The number of nitrogens with zero attached hydrogens (tertiary/aromatic N) is 2. The van der Waals surface area contributed by atoms with Gasteiger partial charge in [-0.2, -0.15) is 0 Å². The average Bonchev–Trinajstić information content (AvgIpc) is 2.27. The largest absolute Gasteiger partial charge is 0.326 e. The molecular formula is C15H33N3. The zero-order valence-corrected chi connectivity index (χ0v) is 13.0. The van der Waals surface area contributed by atoms with Gasteiger partial charge in [0.25, 0.3) is 0 Å². The second-order valence-electron chi connectivity index (χ2n) is 6.84. The van der Waals surface area contributed by atoms with Crippen molar-refractivity contribution in [2.75, 3.05) is 33.7 Å². The van der Waals surface area contributed by atoms with Crippen LogP contribution in [0.5, 0.6) is 0 Å². The van der Waals surface area contributed by atoms with Crippen molar-refractivity contribution < 1.29 is 0 Å². The first-order chi connectivity index (χ1) is 8.40. The molecule has 0 spiro atoms. The maximum Gasteiger partial charge on any atom is 0.0250 e. The zero-order chi connectivity index (χ0) is 13.7. The molecule has 18 heavy (non-hydrogen) atoms. The molecule has 0 radical (unpaired) electrons. The van der Waals surface area contributed by atoms with Crippen LogP contribution in [-0.2, 0) is 0 Å². The van der Waals surface area contributed by atoms with Crippen molar-refractivity contribution in [3.05, 3.63) is 0 Å². The van der Waals surface area contributed by atoms with E-state index in [-0.39, 0.29) is 0 Å². The van der Waals surface area contributed by atoms with Crippen molar-refractivity contribution in [1.82, 2.24) is 9.80 Å². The van der Waals surface area contributed by atoms with Gasteiger partial charge in [-0.1, -0.05) is 20.8 Å². The van der Waals surface area contributed by atoms with E-state index in [1.807, 2.05) is 0 Å². The molecule has 0 aromatic carbocycles. The smallest absolute Gasteiger partial charge is 0.0250 e. The summed E-state index contributed by atoms with van der Waals surface area (Å²) in [6.07, 6.45) is 3.78. The van der Waals surface area contributed by atoms with E-state index in [2.05, 4.69) is 44.7 Å². The lowest BCUT2D eigenvalue weighted by atomic mass is 9.82. The lowest BCUT2D eigenvalue weighted by Gasteiger charge is -2.41. The molecule has 0 bridgehead atoms. The van der Waals surface area contributed by atoms with Crippen LogP contribution in [0.4, 0.5) is 0 Å². The predicted molar refractivity (Wildman–Crippen MR) is 79.7 cm³/mol. The molecule has 2 N–H and O–H groups in total. The van der Waals surface area contributed by atoms with E-state index in [1.54, 1.807) is 0 Å². The molecular weight excluding hydrogens is 222 g/mol. The minimum absolute atomic E-state index is 0.377. The molecule has 0 aromatic heterocycles. The highest BCUT2D eigenvalue weighted by molar-refractivity contribution is 4.88. The second kappa shape index (κ2) is 7.46. The molecule has 1 rings (SSSR count). The van der Waals surface area contributed by atoms with Gasteiger partial charge in [-0.05, 0) is 45.2 Å². The molecule has 3 heteroatoms. The van der Waals surface area contributed by atoms with E-state index in [0.29, 0.717) is 12.1 Å². The zero-order valence-electron chi connectivity index (χ0n) is 13.0. The van der Waals surface area contributed by atoms with Crippen LogP contribution < -0.4 is 5.73 Å². The van der Waals surface area contributed by atoms with Crippen molar-refractivity contribution in [1.29, 1.82) is 0 Å². The fourth-order valence-electron chi connectivity index (χ4n) is 2.98. The molecule has 0 amide bonds. The average molecular weight is 255 g/mol. The molecule has 3 nitrogen and oxygen atoms in total. The highest BCUT2D eigenvalue weighted by atomic mass is 15.2. The van der Waals surface area contributed by atoms with E-state index >= 15 is 0 Å². The predicted octanol–water partition coefficient (Wildman–Crippen LogP) is 2.02. The Labute approximate surface area is 114 Å². The Morgan fingerprint density at radius 2 is 1.83 bits per heavy atom. The molecule has 0 heterocycles. The summed E-state index contributed by atoms with van der Waals surface area (Å²) in [5, 5.41) is 0. The summed E-state index contributed by atoms with van der Waals surface area (Å²) in [7, 11) is 4.30. The van der Waals surface area contributed by atoms with Gasteiger partial charge in [-0.15, -0.1) is 0 Å². The van der Waals surface area contributed by atoms with Crippen LogP contribution in [0.2, 0.25) is 0 Å². The fraction of sp³-hybridized carbons (Fsp3) is 1.00. The van der Waals surface area contributed by atoms with Crippen molar-refractivity contribution in [2.24, 2.45) is 17.6 Å². The van der Waals surface area contributed by atoms with Crippen molar-refractivity contribution in [3.8, 4) is 0 Å². The Morgan fingerprint density at radius 3 is 2.39 bits per heavy atom. The highest BCUT2D eigenvalue weighted by Gasteiger charge is 2.30. The molecule has 3 unspecified atom stereocenters. The summed E-state index contributed by atoms with van der Waals surface area (Å²) in [6, 6.07) is 0.971. The SMILES string of the molecule is CC(C)CN(CCN(C)C)C1CC(C)CCC1N. The summed E-state index contributed by atoms with van der Waals surface area (Å²) in [4.78, 5) is 4.91.